The Labute approximate surface area is 190 Å². The van der Waals surface area contributed by atoms with E-state index in [1.54, 1.807) is 36.4 Å². The molecule has 5 nitrogen and oxygen atoms in total. The average Bonchev–Trinajstić information content (AvgIpc) is 2.79. The van der Waals surface area contributed by atoms with Crippen LogP contribution in [0.2, 0.25) is 0 Å². The van der Waals surface area contributed by atoms with Gasteiger partial charge in [0.15, 0.2) is 6.10 Å². The molecule has 3 aliphatic rings. The van der Waals surface area contributed by atoms with E-state index in [0.717, 1.165) is 0 Å². The second kappa shape index (κ2) is 8.70. The van der Waals surface area contributed by atoms with Crippen LogP contribution >= 0.6 is 0 Å². The number of esters is 1. The zero-order chi connectivity index (χ0) is 23.0. The number of fused-ring (bicyclic) bond motifs is 2. The second-order valence-corrected chi connectivity index (χ2v) is 10.1. The highest BCUT2D eigenvalue weighted by Crippen LogP contribution is 2.63. The number of aliphatic hydroxyl groups excluding tert-OH is 1. The van der Waals surface area contributed by atoms with Gasteiger partial charge in [-0.15, -0.1) is 0 Å². The van der Waals surface area contributed by atoms with E-state index in [9.17, 15) is 14.7 Å². The molecule has 3 fully saturated rings. The molecule has 3 saturated carbocycles. The minimum atomic E-state index is -1.50. The van der Waals surface area contributed by atoms with Crippen LogP contribution in [0.3, 0.4) is 0 Å². The van der Waals surface area contributed by atoms with Crippen LogP contribution in [0.1, 0.15) is 56.1 Å². The van der Waals surface area contributed by atoms with Crippen molar-refractivity contribution in [3.8, 4) is 0 Å². The van der Waals surface area contributed by atoms with Crippen molar-refractivity contribution in [2.75, 3.05) is 0 Å². The van der Waals surface area contributed by atoms with E-state index >= 15 is 0 Å². The third-order valence-electron chi connectivity index (χ3n) is 8.02. The van der Waals surface area contributed by atoms with Gasteiger partial charge in [0.1, 0.15) is 6.10 Å². The van der Waals surface area contributed by atoms with Crippen LogP contribution in [0.25, 0.3) is 0 Å². The smallest absolute Gasteiger partial charge is 0.337 e. The number of rotatable bonds is 6. The first-order valence-electron chi connectivity index (χ1n) is 11.5. The SMILES string of the molecule is CC1C(OC(=O)[C@H](O)[C@@H](NC(=O)c2ccccc2)c2ccccc2)C(C)C2CC1C2(C)C. The second-order valence-electron chi connectivity index (χ2n) is 10.1. The molecule has 0 aliphatic heterocycles. The van der Waals surface area contributed by atoms with Crippen molar-refractivity contribution >= 4 is 11.9 Å². The Morgan fingerprint density at radius 1 is 0.969 bits per heavy atom. The van der Waals surface area contributed by atoms with Crippen molar-refractivity contribution in [2.45, 2.75) is 52.4 Å². The quantitative estimate of drug-likeness (QED) is 0.661. The Balaban J connectivity index is 1.51. The van der Waals surface area contributed by atoms with Gasteiger partial charge in [-0.05, 0) is 53.2 Å². The number of amides is 1. The Kier molecular flexibility index (Phi) is 6.13. The van der Waals surface area contributed by atoms with Crippen molar-refractivity contribution in [3.05, 3.63) is 71.8 Å². The molecule has 2 aromatic rings. The Morgan fingerprint density at radius 3 is 2.03 bits per heavy atom. The van der Waals surface area contributed by atoms with Gasteiger partial charge in [0.05, 0.1) is 6.04 Å². The molecule has 6 atom stereocenters. The standard InChI is InChI=1S/C27H33NO4/c1-16-20-15-21(27(20,3)4)17(2)24(16)32-26(31)23(29)22(18-11-7-5-8-12-18)28-25(30)19-13-9-6-10-14-19/h5-14,16-17,20-24,29H,15H2,1-4H3,(H,28,30)/t16?,17?,20?,21?,22-,23+,24?/m0/s1. The molecule has 5 rings (SSSR count). The molecule has 4 unspecified atom stereocenters. The van der Waals surface area contributed by atoms with Gasteiger partial charge in [-0.1, -0.05) is 76.2 Å². The van der Waals surface area contributed by atoms with E-state index in [4.69, 9.17) is 4.74 Å². The van der Waals surface area contributed by atoms with Crippen LogP contribution in [0.5, 0.6) is 0 Å². The number of nitrogens with one attached hydrogen (secondary N) is 1. The number of hydrogen-bond acceptors (Lipinski definition) is 4. The number of carbonyl (C=O) groups excluding carboxylic acids is 2. The lowest BCUT2D eigenvalue weighted by Crippen LogP contribution is -2.62. The first-order chi connectivity index (χ1) is 15.2. The van der Waals surface area contributed by atoms with E-state index in [-0.39, 0.29) is 29.3 Å². The summed E-state index contributed by atoms with van der Waals surface area (Å²) in [6, 6.07) is 16.9. The summed E-state index contributed by atoms with van der Waals surface area (Å²) >= 11 is 0. The first kappa shape index (κ1) is 22.5. The highest BCUT2D eigenvalue weighted by atomic mass is 16.6. The fourth-order valence-corrected chi connectivity index (χ4v) is 6.09. The zero-order valence-corrected chi connectivity index (χ0v) is 19.2. The summed E-state index contributed by atoms with van der Waals surface area (Å²) in [7, 11) is 0. The predicted octanol–water partition coefficient (Wildman–Crippen LogP) is 4.38. The summed E-state index contributed by atoms with van der Waals surface area (Å²) in [5, 5.41) is 13.9. The third kappa shape index (κ3) is 3.95. The summed E-state index contributed by atoms with van der Waals surface area (Å²) in [4.78, 5) is 25.9. The maximum absolute atomic E-state index is 13.1. The highest BCUT2D eigenvalue weighted by molar-refractivity contribution is 5.94. The van der Waals surface area contributed by atoms with Gasteiger partial charge < -0.3 is 15.2 Å². The van der Waals surface area contributed by atoms with E-state index in [0.29, 0.717) is 23.0 Å². The number of ether oxygens (including phenoxy) is 1. The molecule has 2 bridgehead atoms. The van der Waals surface area contributed by atoms with Gasteiger partial charge in [0.2, 0.25) is 0 Å². The van der Waals surface area contributed by atoms with E-state index in [1.807, 2.05) is 24.3 Å². The molecular formula is C27H33NO4. The maximum atomic E-state index is 13.1. The molecule has 0 saturated heterocycles. The monoisotopic (exact) mass is 435 g/mol. The van der Waals surface area contributed by atoms with Crippen LogP contribution in [0.15, 0.2) is 60.7 Å². The summed E-state index contributed by atoms with van der Waals surface area (Å²) in [5.74, 6) is 0.455. The van der Waals surface area contributed by atoms with Crippen LogP contribution in [0.4, 0.5) is 0 Å². The Bertz CT molecular complexity index is 940. The summed E-state index contributed by atoms with van der Waals surface area (Å²) in [6.45, 7) is 8.90. The molecule has 32 heavy (non-hydrogen) atoms. The first-order valence-corrected chi connectivity index (χ1v) is 11.5. The van der Waals surface area contributed by atoms with Crippen LogP contribution < -0.4 is 5.32 Å². The van der Waals surface area contributed by atoms with Gasteiger partial charge in [-0.3, -0.25) is 4.79 Å². The Hall–Kier alpha value is -2.66. The molecular weight excluding hydrogens is 402 g/mol. The van der Waals surface area contributed by atoms with Crippen molar-refractivity contribution < 1.29 is 19.4 Å². The average molecular weight is 436 g/mol. The number of carbonyl (C=O) groups is 2. The zero-order valence-electron chi connectivity index (χ0n) is 19.2. The molecule has 170 valence electrons. The lowest BCUT2D eigenvalue weighted by Gasteiger charge is -2.64. The highest BCUT2D eigenvalue weighted by Gasteiger charge is 2.60. The molecule has 1 amide bonds. The van der Waals surface area contributed by atoms with Crippen molar-refractivity contribution in [2.24, 2.45) is 29.1 Å². The molecule has 0 heterocycles. The Morgan fingerprint density at radius 2 is 1.50 bits per heavy atom. The normalized spacial score (nSPS) is 29.8. The van der Waals surface area contributed by atoms with Gasteiger partial charge in [0, 0.05) is 5.56 Å². The predicted molar refractivity (Wildman–Crippen MR) is 123 cm³/mol. The minimum Gasteiger partial charge on any atom is -0.460 e. The maximum Gasteiger partial charge on any atom is 0.337 e. The van der Waals surface area contributed by atoms with Crippen molar-refractivity contribution in [1.82, 2.24) is 5.32 Å². The van der Waals surface area contributed by atoms with Crippen LogP contribution in [0, 0.1) is 29.1 Å². The number of benzene rings is 2. The summed E-state index contributed by atoms with van der Waals surface area (Å²) < 4.78 is 5.92. The summed E-state index contributed by atoms with van der Waals surface area (Å²) in [5.41, 5.74) is 1.37. The van der Waals surface area contributed by atoms with Gasteiger partial charge in [-0.2, -0.15) is 0 Å². The van der Waals surface area contributed by atoms with E-state index in [1.165, 1.54) is 6.42 Å². The lowest BCUT2D eigenvalue weighted by molar-refractivity contribution is -0.214. The molecule has 0 radical (unpaired) electrons. The molecule has 0 spiro atoms. The molecule has 2 N–H and O–H groups in total. The van der Waals surface area contributed by atoms with Crippen molar-refractivity contribution in [1.29, 1.82) is 0 Å². The minimum absolute atomic E-state index is 0.227. The molecule has 5 heteroatoms. The molecule has 2 aromatic carbocycles. The van der Waals surface area contributed by atoms with Gasteiger partial charge >= 0.3 is 5.97 Å². The van der Waals surface area contributed by atoms with Crippen molar-refractivity contribution in [3.63, 3.8) is 0 Å². The van der Waals surface area contributed by atoms with Crippen LogP contribution in [-0.4, -0.2) is 29.2 Å². The number of hydrogen-bond donors (Lipinski definition) is 2. The molecule has 0 aromatic heterocycles. The van der Waals surface area contributed by atoms with Crippen LogP contribution in [-0.2, 0) is 9.53 Å². The third-order valence-corrected chi connectivity index (χ3v) is 8.02. The topological polar surface area (TPSA) is 75.6 Å². The van der Waals surface area contributed by atoms with Gasteiger partial charge in [0.25, 0.3) is 5.91 Å². The summed E-state index contributed by atoms with van der Waals surface area (Å²) in [6.07, 6.45) is -0.558. The number of aliphatic hydroxyl groups is 1. The van der Waals surface area contributed by atoms with E-state index in [2.05, 4.69) is 33.0 Å². The van der Waals surface area contributed by atoms with E-state index < -0.39 is 18.1 Å². The fraction of sp³-hybridized carbons (Fsp3) is 0.481. The van der Waals surface area contributed by atoms with Gasteiger partial charge in [-0.25, -0.2) is 4.79 Å². The lowest BCUT2D eigenvalue weighted by atomic mass is 9.42. The fourth-order valence-electron chi connectivity index (χ4n) is 6.09. The molecule has 3 aliphatic carbocycles. The largest absolute Gasteiger partial charge is 0.460 e.